The van der Waals surface area contributed by atoms with Gasteiger partial charge in [0, 0.05) is 23.9 Å². The van der Waals surface area contributed by atoms with Gasteiger partial charge >= 0.3 is 0 Å². The van der Waals surface area contributed by atoms with Crippen molar-refractivity contribution in [3.05, 3.63) is 58.1 Å². The van der Waals surface area contributed by atoms with Crippen molar-refractivity contribution in [3.8, 4) is 5.75 Å². The van der Waals surface area contributed by atoms with Crippen molar-refractivity contribution >= 4 is 17.3 Å². The quantitative estimate of drug-likeness (QED) is 0.702. The molecule has 0 amide bonds. The molecular formula is C23H28ClNO4. The summed E-state index contributed by atoms with van der Waals surface area (Å²) in [7, 11) is 0. The smallest absolute Gasteiger partial charge is 0.142 e. The summed E-state index contributed by atoms with van der Waals surface area (Å²) in [6.45, 7) is 5.18. The van der Waals surface area contributed by atoms with E-state index in [1.54, 1.807) is 0 Å². The highest BCUT2D eigenvalue weighted by Crippen LogP contribution is 2.42. The van der Waals surface area contributed by atoms with Gasteiger partial charge in [0.2, 0.25) is 0 Å². The zero-order valence-corrected chi connectivity index (χ0v) is 17.6. The van der Waals surface area contributed by atoms with Crippen molar-refractivity contribution in [2.45, 2.75) is 44.5 Å². The molecule has 0 aliphatic carbocycles. The van der Waals surface area contributed by atoms with Crippen molar-refractivity contribution in [1.29, 1.82) is 0 Å². The molecule has 0 spiro atoms. The fraction of sp³-hybridized carbons (Fsp3) is 0.478. The molecule has 2 aromatic rings. The Morgan fingerprint density at radius 3 is 2.86 bits per heavy atom. The van der Waals surface area contributed by atoms with Gasteiger partial charge in [-0.05, 0) is 48.2 Å². The molecule has 0 radical (unpaired) electrons. The summed E-state index contributed by atoms with van der Waals surface area (Å²) in [4.78, 5) is 0. The van der Waals surface area contributed by atoms with Crippen LogP contribution in [0.4, 0.5) is 5.69 Å². The monoisotopic (exact) mass is 417 g/mol. The van der Waals surface area contributed by atoms with Gasteiger partial charge in [0.1, 0.15) is 12.4 Å². The second-order valence-corrected chi connectivity index (χ2v) is 8.82. The number of aliphatic hydroxyl groups excluding tert-OH is 2. The SMILES string of the molecule is CC1C(O)CC(C)(CO)OC1c1ccc(Cl)c(Cc2ccc3c(c2)NCCO3)c1. The molecule has 6 heteroatoms. The van der Waals surface area contributed by atoms with E-state index >= 15 is 0 Å². The zero-order chi connectivity index (χ0) is 20.6. The van der Waals surface area contributed by atoms with Gasteiger partial charge < -0.3 is 25.0 Å². The molecular weight excluding hydrogens is 390 g/mol. The van der Waals surface area contributed by atoms with E-state index in [1.165, 1.54) is 0 Å². The van der Waals surface area contributed by atoms with Gasteiger partial charge in [0.15, 0.2) is 0 Å². The third kappa shape index (κ3) is 4.24. The number of benzene rings is 2. The summed E-state index contributed by atoms with van der Waals surface area (Å²) in [5.74, 6) is 0.801. The van der Waals surface area contributed by atoms with Gasteiger partial charge in [0.25, 0.3) is 0 Å². The van der Waals surface area contributed by atoms with Crippen LogP contribution in [0.25, 0.3) is 0 Å². The van der Waals surface area contributed by atoms with Gasteiger partial charge in [0.05, 0.1) is 30.1 Å². The Morgan fingerprint density at radius 2 is 2.07 bits per heavy atom. The van der Waals surface area contributed by atoms with E-state index in [-0.39, 0.29) is 18.6 Å². The van der Waals surface area contributed by atoms with E-state index in [0.29, 0.717) is 24.5 Å². The summed E-state index contributed by atoms with van der Waals surface area (Å²) < 4.78 is 11.9. The van der Waals surface area contributed by atoms with Crippen molar-refractivity contribution in [3.63, 3.8) is 0 Å². The van der Waals surface area contributed by atoms with Crippen LogP contribution in [0.3, 0.4) is 0 Å². The summed E-state index contributed by atoms with van der Waals surface area (Å²) >= 11 is 6.51. The molecule has 3 N–H and O–H groups in total. The van der Waals surface area contributed by atoms with Crippen molar-refractivity contribution < 1.29 is 19.7 Å². The molecule has 1 fully saturated rings. The minimum absolute atomic E-state index is 0.0752. The van der Waals surface area contributed by atoms with Gasteiger partial charge in [-0.3, -0.25) is 0 Å². The number of fused-ring (bicyclic) bond motifs is 1. The Hall–Kier alpha value is -1.79. The van der Waals surface area contributed by atoms with Gasteiger partial charge in [-0.2, -0.15) is 0 Å². The first-order valence-corrected chi connectivity index (χ1v) is 10.5. The molecule has 4 unspecified atom stereocenters. The van der Waals surface area contributed by atoms with Crippen LogP contribution in [0.2, 0.25) is 5.02 Å². The summed E-state index contributed by atoms with van der Waals surface area (Å²) in [6, 6.07) is 12.0. The fourth-order valence-electron chi connectivity index (χ4n) is 4.19. The minimum Gasteiger partial charge on any atom is -0.490 e. The first-order valence-electron chi connectivity index (χ1n) is 10.1. The maximum atomic E-state index is 10.5. The summed E-state index contributed by atoms with van der Waals surface area (Å²) in [5.41, 5.74) is 3.36. The molecule has 2 aliphatic heterocycles. The Balaban J connectivity index is 1.61. The number of halogens is 1. The predicted molar refractivity (Wildman–Crippen MR) is 114 cm³/mol. The number of nitrogens with one attached hydrogen (secondary N) is 1. The number of anilines is 1. The Bertz CT molecular complexity index is 889. The molecule has 2 aliphatic rings. The lowest BCUT2D eigenvalue weighted by Crippen LogP contribution is -2.47. The molecule has 0 bridgehead atoms. The average Bonchev–Trinajstić information content (AvgIpc) is 2.72. The summed E-state index contributed by atoms with van der Waals surface area (Å²) in [6.07, 6.45) is 0.274. The lowest BCUT2D eigenvalue weighted by Gasteiger charge is -2.44. The van der Waals surface area contributed by atoms with Gasteiger partial charge in [-0.15, -0.1) is 0 Å². The number of ether oxygens (including phenoxy) is 2. The van der Waals surface area contributed by atoms with Crippen LogP contribution >= 0.6 is 11.6 Å². The molecule has 29 heavy (non-hydrogen) atoms. The van der Waals surface area contributed by atoms with Crippen LogP contribution in [0, 0.1) is 5.92 Å². The first-order chi connectivity index (χ1) is 13.9. The highest BCUT2D eigenvalue weighted by atomic mass is 35.5. The number of rotatable bonds is 4. The largest absolute Gasteiger partial charge is 0.490 e. The van der Waals surface area contributed by atoms with E-state index < -0.39 is 11.7 Å². The third-order valence-corrected chi connectivity index (χ3v) is 6.35. The van der Waals surface area contributed by atoms with Crippen LogP contribution in [0.1, 0.15) is 43.1 Å². The molecule has 0 aromatic heterocycles. The van der Waals surface area contributed by atoms with Gasteiger partial charge in [-0.25, -0.2) is 0 Å². The predicted octanol–water partition coefficient (Wildman–Crippen LogP) is 3.94. The average molecular weight is 418 g/mol. The van der Waals surface area contributed by atoms with Crippen molar-refractivity contribution in [2.75, 3.05) is 25.1 Å². The van der Waals surface area contributed by atoms with Gasteiger partial charge in [-0.1, -0.05) is 36.7 Å². The van der Waals surface area contributed by atoms with Crippen LogP contribution in [-0.4, -0.2) is 41.7 Å². The highest BCUT2D eigenvalue weighted by Gasteiger charge is 2.42. The van der Waals surface area contributed by atoms with Crippen LogP contribution in [0.15, 0.2) is 36.4 Å². The molecule has 156 valence electrons. The number of hydrogen-bond acceptors (Lipinski definition) is 5. The van der Waals surface area contributed by atoms with E-state index in [9.17, 15) is 10.2 Å². The molecule has 4 atom stereocenters. The topological polar surface area (TPSA) is 71.0 Å². The van der Waals surface area contributed by atoms with E-state index in [0.717, 1.165) is 34.7 Å². The van der Waals surface area contributed by atoms with Crippen LogP contribution < -0.4 is 10.1 Å². The maximum Gasteiger partial charge on any atom is 0.142 e. The Kier molecular flexibility index (Phi) is 5.76. The lowest BCUT2D eigenvalue weighted by atomic mass is 9.81. The van der Waals surface area contributed by atoms with Crippen molar-refractivity contribution in [1.82, 2.24) is 0 Å². The Morgan fingerprint density at radius 1 is 1.24 bits per heavy atom. The second kappa shape index (κ2) is 8.15. The lowest BCUT2D eigenvalue weighted by molar-refractivity contribution is -0.197. The Labute approximate surface area is 176 Å². The van der Waals surface area contributed by atoms with E-state index in [1.807, 2.05) is 32.0 Å². The first kappa shape index (κ1) is 20.5. The molecule has 0 saturated carbocycles. The highest BCUT2D eigenvalue weighted by molar-refractivity contribution is 6.31. The second-order valence-electron chi connectivity index (χ2n) is 8.41. The molecule has 4 rings (SSSR count). The molecule has 2 aromatic carbocycles. The maximum absolute atomic E-state index is 10.5. The van der Waals surface area contributed by atoms with Crippen LogP contribution in [0.5, 0.6) is 5.75 Å². The van der Waals surface area contributed by atoms with E-state index in [2.05, 4.69) is 23.5 Å². The van der Waals surface area contributed by atoms with Crippen molar-refractivity contribution in [2.24, 2.45) is 5.92 Å². The number of aliphatic hydroxyl groups is 2. The van der Waals surface area contributed by atoms with Crippen LogP contribution in [-0.2, 0) is 11.2 Å². The normalized spacial score (nSPS) is 28.9. The van der Waals surface area contributed by atoms with E-state index in [4.69, 9.17) is 21.1 Å². The molecule has 5 nitrogen and oxygen atoms in total. The molecule has 1 saturated heterocycles. The summed E-state index contributed by atoms with van der Waals surface area (Å²) in [5, 5.41) is 24.3. The minimum atomic E-state index is -0.749. The third-order valence-electron chi connectivity index (χ3n) is 5.98. The molecule has 2 heterocycles. The standard InChI is InChI=1S/C23H28ClNO4/c1-14-20(27)12-23(2,13-26)29-22(14)16-4-5-18(24)17(11-16)9-15-3-6-21-19(10-15)25-7-8-28-21/h3-6,10-11,14,20,22,25-27H,7-9,12-13H2,1-2H3. The zero-order valence-electron chi connectivity index (χ0n) is 16.8. The fourth-order valence-corrected chi connectivity index (χ4v) is 4.37. The number of hydrogen-bond donors (Lipinski definition) is 3.